The predicted octanol–water partition coefficient (Wildman–Crippen LogP) is 4.65. The zero-order valence-electron chi connectivity index (χ0n) is 18.2. The number of methoxy groups -OCH3 is 1. The molecule has 2 atom stereocenters. The molecule has 1 saturated heterocycles. The Hall–Kier alpha value is -1.59. The van der Waals surface area contributed by atoms with Crippen LogP contribution in [0, 0.1) is 12.8 Å². The molecule has 1 N–H and O–H groups in total. The molecule has 0 radical (unpaired) electrons. The maximum atomic E-state index is 12.6. The van der Waals surface area contributed by atoms with Crippen molar-refractivity contribution < 1.29 is 19.4 Å². The highest BCUT2D eigenvalue weighted by atomic mass is 16.6. The number of hydrogen-bond donors (Lipinski definition) is 1. The van der Waals surface area contributed by atoms with Crippen LogP contribution < -0.4 is 0 Å². The topological polar surface area (TPSA) is 59.0 Å². The quantitative estimate of drug-likeness (QED) is 0.688. The Morgan fingerprint density at radius 1 is 1.25 bits per heavy atom. The standard InChI is InChI=1S/C23H37NO4/c1-18-11-6-7-13-20(18)23(26,14-8-9-16-27-5)19-12-10-15-24(17-19)21(25)28-22(2,3)4/h6-7,11,13,19,26H,8-10,12,14-17H2,1-5H3/t19-,23+/m1/s1. The minimum Gasteiger partial charge on any atom is -0.444 e. The normalized spacial score (nSPS) is 19.9. The molecule has 2 rings (SSSR count). The number of amides is 1. The van der Waals surface area contributed by atoms with Gasteiger partial charge >= 0.3 is 6.09 Å². The first-order valence-corrected chi connectivity index (χ1v) is 10.4. The number of unbranched alkanes of at least 4 members (excludes halogenated alkanes) is 1. The second-order valence-corrected chi connectivity index (χ2v) is 8.95. The molecule has 1 aromatic rings. The van der Waals surface area contributed by atoms with Crippen molar-refractivity contribution in [2.75, 3.05) is 26.8 Å². The molecule has 1 aromatic carbocycles. The van der Waals surface area contributed by atoms with Crippen molar-refractivity contribution in [2.45, 2.75) is 71.0 Å². The Balaban J connectivity index is 2.22. The average Bonchev–Trinajstić information content (AvgIpc) is 2.64. The number of carbonyl (C=O) groups excluding carboxylic acids is 1. The van der Waals surface area contributed by atoms with Crippen LogP contribution in [-0.2, 0) is 15.1 Å². The van der Waals surface area contributed by atoms with Gasteiger partial charge in [-0.25, -0.2) is 4.79 Å². The lowest BCUT2D eigenvalue weighted by Gasteiger charge is -2.43. The summed E-state index contributed by atoms with van der Waals surface area (Å²) in [5.41, 5.74) is 0.589. The summed E-state index contributed by atoms with van der Waals surface area (Å²) in [6, 6.07) is 8.05. The molecule has 0 spiro atoms. The van der Waals surface area contributed by atoms with Gasteiger partial charge in [0.1, 0.15) is 5.60 Å². The van der Waals surface area contributed by atoms with Crippen LogP contribution in [0.2, 0.25) is 0 Å². The summed E-state index contributed by atoms with van der Waals surface area (Å²) in [5.74, 6) is -0.0163. The average molecular weight is 392 g/mol. The minimum atomic E-state index is -0.959. The molecule has 0 bridgehead atoms. The van der Waals surface area contributed by atoms with Crippen molar-refractivity contribution in [1.82, 2.24) is 4.90 Å². The molecule has 0 unspecified atom stereocenters. The Kier molecular flexibility index (Phi) is 7.90. The summed E-state index contributed by atoms with van der Waals surface area (Å²) in [6.45, 7) is 9.58. The van der Waals surface area contributed by atoms with Crippen molar-refractivity contribution in [3.05, 3.63) is 35.4 Å². The summed E-state index contributed by atoms with van der Waals surface area (Å²) >= 11 is 0. The van der Waals surface area contributed by atoms with E-state index >= 15 is 0 Å². The lowest BCUT2D eigenvalue weighted by Crippen LogP contribution is -2.49. The number of hydrogen-bond acceptors (Lipinski definition) is 4. The molecule has 1 heterocycles. The first-order chi connectivity index (χ1) is 13.2. The van der Waals surface area contributed by atoms with E-state index in [4.69, 9.17) is 9.47 Å². The molecular weight excluding hydrogens is 354 g/mol. The smallest absolute Gasteiger partial charge is 0.410 e. The van der Waals surface area contributed by atoms with E-state index in [-0.39, 0.29) is 12.0 Å². The van der Waals surface area contributed by atoms with Gasteiger partial charge in [-0.15, -0.1) is 0 Å². The van der Waals surface area contributed by atoms with Gasteiger partial charge in [-0.05, 0) is 70.9 Å². The number of aliphatic hydroxyl groups is 1. The number of aryl methyl sites for hydroxylation is 1. The number of carbonyl (C=O) groups is 1. The lowest BCUT2D eigenvalue weighted by molar-refractivity contribution is -0.0646. The third kappa shape index (κ3) is 5.95. The monoisotopic (exact) mass is 391 g/mol. The maximum absolute atomic E-state index is 12.6. The molecule has 1 fully saturated rings. The van der Waals surface area contributed by atoms with Crippen LogP contribution in [0.4, 0.5) is 4.79 Å². The lowest BCUT2D eigenvalue weighted by atomic mass is 9.73. The predicted molar refractivity (Wildman–Crippen MR) is 111 cm³/mol. The second kappa shape index (κ2) is 9.75. The Morgan fingerprint density at radius 3 is 2.61 bits per heavy atom. The Morgan fingerprint density at radius 2 is 1.96 bits per heavy atom. The Bertz CT molecular complexity index is 640. The molecule has 1 aliphatic rings. The van der Waals surface area contributed by atoms with Gasteiger partial charge < -0.3 is 19.5 Å². The van der Waals surface area contributed by atoms with Gasteiger partial charge in [-0.2, -0.15) is 0 Å². The van der Waals surface area contributed by atoms with E-state index < -0.39 is 11.2 Å². The third-order valence-electron chi connectivity index (χ3n) is 5.52. The first kappa shape index (κ1) is 22.7. The van der Waals surface area contributed by atoms with E-state index in [0.29, 0.717) is 26.1 Å². The van der Waals surface area contributed by atoms with E-state index in [2.05, 4.69) is 0 Å². The molecule has 5 nitrogen and oxygen atoms in total. The van der Waals surface area contributed by atoms with Crippen LogP contribution in [0.15, 0.2) is 24.3 Å². The molecule has 0 aliphatic carbocycles. The Labute approximate surface area is 170 Å². The molecule has 158 valence electrons. The van der Waals surface area contributed by atoms with Gasteiger partial charge in [0.05, 0.1) is 5.60 Å². The second-order valence-electron chi connectivity index (χ2n) is 8.95. The van der Waals surface area contributed by atoms with E-state index in [0.717, 1.165) is 36.8 Å². The summed E-state index contributed by atoms with van der Waals surface area (Å²) in [5, 5.41) is 11.9. The van der Waals surface area contributed by atoms with Crippen molar-refractivity contribution in [2.24, 2.45) is 5.92 Å². The van der Waals surface area contributed by atoms with E-state index in [1.807, 2.05) is 52.0 Å². The fraction of sp³-hybridized carbons (Fsp3) is 0.696. The van der Waals surface area contributed by atoms with E-state index in [1.54, 1.807) is 12.0 Å². The molecule has 1 amide bonds. The van der Waals surface area contributed by atoms with Gasteiger partial charge in [0.25, 0.3) is 0 Å². The van der Waals surface area contributed by atoms with Crippen LogP contribution in [-0.4, -0.2) is 48.5 Å². The highest BCUT2D eigenvalue weighted by Crippen LogP contribution is 2.41. The van der Waals surface area contributed by atoms with Crippen LogP contribution in [0.5, 0.6) is 0 Å². The van der Waals surface area contributed by atoms with Gasteiger partial charge in [-0.3, -0.25) is 0 Å². The first-order valence-electron chi connectivity index (χ1n) is 10.4. The number of ether oxygens (including phenoxy) is 2. The molecule has 1 aliphatic heterocycles. The zero-order chi connectivity index (χ0) is 20.8. The number of benzene rings is 1. The summed E-state index contributed by atoms with van der Waals surface area (Å²) in [7, 11) is 1.70. The minimum absolute atomic E-state index is 0.0163. The molecule has 28 heavy (non-hydrogen) atoms. The largest absolute Gasteiger partial charge is 0.444 e. The van der Waals surface area contributed by atoms with Crippen LogP contribution in [0.25, 0.3) is 0 Å². The van der Waals surface area contributed by atoms with E-state index in [9.17, 15) is 9.90 Å². The van der Waals surface area contributed by atoms with Gasteiger partial charge in [0, 0.05) is 32.7 Å². The van der Waals surface area contributed by atoms with Crippen molar-refractivity contribution in [3.8, 4) is 0 Å². The third-order valence-corrected chi connectivity index (χ3v) is 5.52. The highest BCUT2D eigenvalue weighted by Gasteiger charge is 2.42. The van der Waals surface area contributed by atoms with Crippen LogP contribution in [0.1, 0.15) is 64.0 Å². The van der Waals surface area contributed by atoms with Gasteiger partial charge in [-0.1, -0.05) is 24.3 Å². The summed E-state index contributed by atoms with van der Waals surface area (Å²) in [4.78, 5) is 14.4. The van der Waals surface area contributed by atoms with Crippen LogP contribution >= 0.6 is 0 Å². The van der Waals surface area contributed by atoms with Gasteiger partial charge in [0.15, 0.2) is 0 Å². The number of nitrogens with zero attached hydrogens (tertiary/aromatic N) is 1. The van der Waals surface area contributed by atoms with Crippen LogP contribution in [0.3, 0.4) is 0 Å². The van der Waals surface area contributed by atoms with Gasteiger partial charge in [0.2, 0.25) is 0 Å². The fourth-order valence-corrected chi connectivity index (χ4v) is 4.12. The number of likely N-dealkylation sites (tertiary alicyclic amines) is 1. The van der Waals surface area contributed by atoms with Crippen molar-refractivity contribution in [3.63, 3.8) is 0 Å². The summed E-state index contributed by atoms with van der Waals surface area (Å²) < 4.78 is 10.7. The maximum Gasteiger partial charge on any atom is 0.410 e. The number of rotatable bonds is 7. The molecular formula is C23H37NO4. The van der Waals surface area contributed by atoms with Crippen molar-refractivity contribution >= 4 is 6.09 Å². The SMILES string of the molecule is COCCCC[C@@](O)(c1ccccc1C)[C@@H]1CCCN(C(=O)OC(C)(C)C)C1. The number of piperidine rings is 1. The molecule has 0 saturated carbocycles. The summed E-state index contributed by atoms with van der Waals surface area (Å²) in [6.07, 6.45) is 3.93. The van der Waals surface area contributed by atoms with E-state index in [1.165, 1.54) is 0 Å². The zero-order valence-corrected chi connectivity index (χ0v) is 18.2. The highest BCUT2D eigenvalue weighted by molar-refractivity contribution is 5.68. The molecule has 5 heteroatoms. The fourth-order valence-electron chi connectivity index (χ4n) is 4.12. The van der Waals surface area contributed by atoms with Crippen molar-refractivity contribution in [1.29, 1.82) is 0 Å². The molecule has 0 aromatic heterocycles.